The maximum Gasteiger partial charge on any atom is 0.251 e. The standard InChI is InChI=1S/C24H21ClFN3O3S/c25-21-4-2-1-3-19(21)23-20-10-5-15(24(30)27-17-11-12-33(31,32)14-17)13-22(20)29(28-23)18-8-6-16(26)7-9-18/h1-10,13,17,31-32H,11-12,14H2,(H,27,30). The quantitative estimate of drug-likeness (QED) is 0.344. The molecule has 1 saturated heterocycles. The van der Waals surface area contributed by atoms with E-state index in [9.17, 15) is 18.3 Å². The number of rotatable bonds is 4. The van der Waals surface area contributed by atoms with Crippen LogP contribution in [0.15, 0.2) is 66.7 Å². The lowest BCUT2D eigenvalue weighted by Gasteiger charge is -2.26. The van der Waals surface area contributed by atoms with Crippen molar-refractivity contribution in [3.05, 3.63) is 83.1 Å². The molecule has 1 unspecified atom stereocenters. The SMILES string of the molecule is O=C(NC1CCS(O)(O)C1)c1ccc2c(-c3ccccc3Cl)nn(-c3ccc(F)cc3)c2c1. The third-order valence-electron chi connectivity index (χ3n) is 5.74. The van der Waals surface area contributed by atoms with E-state index in [1.165, 1.54) is 12.1 Å². The molecule has 6 nitrogen and oxygen atoms in total. The molecule has 0 bridgehead atoms. The predicted molar refractivity (Wildman–Crippen MR) is 130 cm³/mol. The number of halogens is 2. The van der Waals surface area contributed by atoms with Gasteiger partial charge >= 0.3 is 0 Å². The summed E-state index contributed by atoms with van der Waals surface area (Å²) in [6.45, 7) is 0. The van der Waals surface area contributed by atoms with Crippen molar-refractivity contribution in [2.75, 3.05) is 11.5 Å². The molecular formula is C24H21ClFN3O3S. The van der Waals surface area contributed by atoms with Gasteiger partial charge in [0.25, 0.3) is 5.91 Å². The molecule has 4 aromatic rings. The highest BCUT2D eigenvalue weighted by Gasteiger charge is 2.29. The van der Waals surface area contributed by atoms with Crippen molar-refractivity contribution in [1.29, 1.82) is 0 Å². The molecule has 0 aliphatic carbocycles. The molecule has 170 valence electrons. The van der Waals surface area contributed by atoms with Crippen LogP contribution in [-0.2, 0) is 0 Å². The fourth-order valence-corrected chi connectivity index (χ4v) is 6.04. The van der Waals surface area contributed by atoms with Gasteiger partial charge in [-0.1, -0.05) is 29.8 Å². The molecular weight excluding hydrogens is 465 g/mol. The van der Waals surface area contributed by atoms with Crippen molar-refractivity contribution in [2.24, 2.45) is 0 Å². The first-order valence-corrected chi connectivity index (χ1v) is 12.7. The molecule has 0 spiro atoms. The van der Waals surface area contributed by atoms with E-state index in [2.05, 4.69) is 5.32 Å². The second-order valence-electron chi connectivity index (χ2n) is 8.08. The van der Waals surface area contributed by atoms with Crippen molar-refractivity contribution < 1.29 is 18.3 Å². The first-order valence-electron chi connectivity index (χ1n) is 10.4. The van der Waals surface area contributed by atoms with Gasteiger partial charge in [-0.05, 0) is 55.0 Å². The monoisotopic (exact) mass is 485 g/mol. The van der Waals surface area contributed by atoms with Gasteiger partial charge in [0, 0.05) is 28.3 Å². The van der Waals surface area contributed by atoms with Crippen molar-refractivity contribution in [2.45, 2.75) is 12.5 Å². The molecule has 1 aromatic heterocycles. The van der Waals surface area contributed by atoms with Crippen LogP contribution in [0.4, 0.5) is 4.39 Å². The van der Waals surface area contributed by atoms with Gasteiger partial charge in [-0.3, -0.25) is 13.9 Å². The zero-order valence-corrected chi connectivity index (χ0v) is 19.0. The van der Waals surface area contributed by atoms with Crippen LogP contribution in [-0.4, -0.2) is 42.3 Å². The maximum absolute atomic E-state index is 13.5. The van der Waals surface area contributed by atoms with Crippen LogP contribution < -0.4 is 5.32 Å². The number of fused-ring (bicyclic) bond motifs is 1. The van der Waals surface area contributed by atoms with Crippen LogP contribution in [0.3, 0.4) is 0 Å². The Morgan fingerprint density at radius 3 is 2.58 bits per heavy atom. The zero-order chi connectivity index (χ0) is 23.2. The van der Waals surface area contributed by atoms with Gasteiger partial charge in [-0.2, -0.15) is 15.7 Å². The highest BCUT2D eigenvalue weighted by molar-refractivity contribution is 8.24. The number of amides is 1. The van der Waals surface area contributed by atoms with Crippen LogP contribution in [0.2, 0.25) is 5.02 Å². The van der Waals surface area contributed by atoms with Gasteiger partial charge in [0.15, 0.2) is 0 Å². The highest BCUT2D eigenvalue weighted by atomic mass is 35.5. The Morgan fingerprint density at radius 1 is 1.12 bits per heavy atom. The fourth-order valence-electron chi connectivity index (χ4n) is 4.09. The van der Waals surface area contributed by atoms with E-state index in [1.807, 2.05) is 24.3 Å². The number of aromatic nitrogens is 2. The lowest BCUT2D eigenvalue weighted by atomic mass is 10.1. The summed E-state index contributed by atoms with van der Waals surface area (Å²) in [6, 6.07) is 18.3. The Morgan fingerprint density at radius 2 is 1.88 bits per heavy atom. The van der Waals surface area contributed by atoms with Crippen molar-refractivity contribution in [3.8, 4) is 16.9 Å². The highest BCUT2D eigenvalue weighted by Crippen LogP contribution is 2.45. The first kappa shape index (κ1) is 21.9. The molecule has 1 aliphatic heterocycles. The number of hydrogen-bond acceptors (Lipinski definition) is 4. The number of carbonyl (C=O) groups excluding carboxylic acids is 1. The minimum atomic E-state index is -2.61. The van der Waals surface area contributed by atoms with E-state index < -0.39 is 10.6 Å². The van der Waals surface area contributed by atoms with Crippen molar-refractivity contribution in [1.82, 2.24) is 15.1 Å². The van der Waals surface area contributed by atoms with Gasteiger partial charge in [0.1, 0.15) is 11.5 Å². The smallest absolute Gasteiger partial charge is 0.251 e. The molecule has 1 amide bonds. The van der Waals surface area contributed by atoms with E-state index in [0.29, 0.717) is 39.7 Å². The summed E-state index contributed by atoms with van der Waals surface area (Å²) >= 11 is 6.43. The van der Waals surface area contributed by atoms with Crippen LogP contribution >= 0.6 is 22.2 Å². The van der Waals surface area contributed by atoms with Crippen molar-refractivity contribution in [3.63, 3.8) is 0 Å². The van der Waals surface area contributed by atoms with Crippen molar-refractivity contribution >= 4 is 39.0 Å². The van der Waals surface area contributed by atoms with Crippen LogP contribution in [0, 0.1) is 5.82 Å². The number of hydrogen-bond donors (Lipinski definition) is 3. The van der Waals surface area contributed by atoms with E-state index >= 15 is 0 Å². The number of carbonyl (C=O) groups is 1. The Kier molecular flexibility index (Phi) is 5.62. The molecule has 2 heterocycles. The number of benzene rings is 3. The summed E-state index contributed by atoms with van der Waals surface area (Å²) in [5, 5.41) is 8.99. The molecule has 0 radical (unpaired) electrons. The second kappa shape index (κ2) is 8.46. The minimum Gasteiger partial charge on any atom is -0.348 e. The van der Waals surface area contributed by atoms with E-state index in [4.69, 9.17) is 16.7 Å². The number of nitrogens with one attached hydrogen (secondary N) is 1. The van der Waals surface area contributed by atoms with Crippen LogP contribution in [0.1, 0.15) is 16.8 Å². The second-order valence-corrected chi connectivity index (χ2v) is 10.8. The molecule has 33 heavy (non-hydrogen) atoms. The molecule has 3 N–H and O–H groups in total. The first-order chi connectivity index (χ1) is 15.8. The Bertz CT molecular complexity index is 1360. The molecule has 9 heteroatoms. The van der Waals surface area contributed by atoms with Crippen LogP contribution in [0.5, 0.6) is 0 Å². The molecule has 3 aromatic carbocycles. The summed E-state index contributed by atoms with van der Waals surface area (Å²) in [5.41, 5.74) is 3.12. The third-order valence-corrected chi connectivity index (χ3v) is 7.90. The van der Waals surface area contributed by atoms with Gasteiger partial charge < -0.3 is 5.32 Å². The predicted octanol–water partition coefficient (Wildman–Crippen LogP) is 5.74. The Hall–Kier alpha value is -2.91. The molecule has 1 aliphatic rings. The lowest BCUT2D eigenvalue weighted by molar-refractivity contribution is 0.0941. The Balaban J connectivity index is 1.59. The fraction of sp³-hybridized carbons (Fsp3) is 0.167. The van der Waals surface area contributed by atoms with Crippen LogP contribution in [0.25, 0.3) is 27.8 Å². The normalized spacial score (nSPS) is 18.4. The largest absolute Gasteiger partial charge is 0.348 e. The molecule has 0 saturated carbocycles. The summed E-state index contributed by atoms with van der Waals surface area (Å²) in [6.07, 6.45) is 0.528. The summed E-state index contributed by atoms with van der Waals surface area (Å²) in [4.78, 5) is 12.9. The van der Waals surface area contributed by atoms with Gasteiger partial charge in [-0.25, -0.2) is 9.07 Å². The van der Waals surface area contributed by atoms with E-state index in [1.54, 1.807) is 35.0 Å². The van der Waals surface area contributed by atoms with Gasteiger partial charge in [-0.15, -0.1) is 0 Å². The zero-order valence-electron chi connectivity index (χ0n) is 17.4. The Labute approximate surface area is 196 Å². The maximum atomic E-state index is 13.5. The lowest BCUT2D eigenvalue weighted by Crippen LogP contribution is -2.35. The van der Waals surface area contributed by atoms with E-state index in [0.717, 1.165) is 10.9 Å². The molecule has 5 rings (SSSR count). The molecule has 1 atom stereocenters. The summed E-state index contributed by atoms with van der Waals surface area (Å²) in [7, 11) is -2.61. The summed E-state index contributed by atoms with van der Waals surface area (Å²) < 4.78 is 34.9. The topological polar surface area (TPSA) is 87.4 Å². The third kappa shape index (κ3) is 4.35. The van der Waals surface area contributed by atoms with E-state index in [-0.39, 0.29) is 23.5 Å². The average molecular weight is 486 g/mol. The summed E-state index contributed by atoms with van der Waals surface area (Å²) in [5.74, 6) is -0.185. The molecule has 1 fully saturated rings. The van der Waals surface area contributed by atoms with Gasteiger partial charge in [0.05, 0.1) is 22.0 Å². The minimum absolute atomic E-state index is 0.172. The van der Waals surface area contributed by atoms with Gasteiger partial charge in [0.2, 0.25) is 0 Å². The number of nitrogens with zero attached hydrogens (tertiary/aromatic N) is 2. The average Bonchev–Trinajstić information content (AvgIpc) is 3.33.